The van der Waals surface area contributed by atoms with Crippen LogP contribution in [0.15, 0.2) is 16.2 Å². The van der Waals surface area contributed by atoms with Crippen molar-refractivity contribution in [2.24, 2.45) is 5.92 Å². The minimum absolute atomic E-state index is 0.0964. The predicted octanol–water partition coefficient (Wildman–Crippen LogP) is 3.74. The van der Waals surface area contributed by atoms with Crippen molar-refractivity contribution in [2.45, 2.75) is 45.3 Å². The molecule has 0 aromatic carbocycles. The van der Waals surface area contributed by atoms with E-state index in [2.05, 4.69) is 5.32 Å². The van der Waals surface area contributed by atoms with E-state index in [-0.39, 0.29) is 36.7 Å². The van der Waals surface area contributed by atoms with Crippen LogP contribution in [-0.4, -0.2) is 52.8 Å². The summed E-state index contributed by atoms with van der Waals surface area (Å²) in [6.07, 6.45) is -3.39. The number of halogens is 3. The van der Waals surface area contributed by atoms with Gasteiger partial charge in [0.25, 0.3) is 11.5 Å². The van der Waals surface area contributed by atoms with Crippen molar-refractivity contribution in [3.8, 4) is 5.75 Å². The van der Waals surface area contributed by atoms with Crippen LogP contribution in [0.25, 0.3) is 10.2 Å². The summed E-state index contributed by atoms with van der Waals surface area (Å²) in [6.45, 7) is 5.26. The van der Waals surface area contributed by atoms with Crippen LogP contribution < -0.4 is 10.9 Å². The average Bonchev–Trinajstić information content (AvgIpc) is 3.14. The van der Waals surface area contributed by atoms with Gasteiger partial charge in [-0.15, -0.1) is 11.3 Å². The lowest BCUT2D eigenvalue weighted by atomic mass is 9.96. The van der Waals surface area contributed by atoms with Crippen molar-refractivity contribution in [3.63, 3.8) is 0 Å². The van der Waals surface area contributed by atoms with Crippen LogP contribution in [0.3, 0.4) is 0 Å². The second-order valence-electron chi connectivity index (χ2n) is 7.90. The number of hydrogen-bond donors (Lipinski definition) is 2. The van der Waals surface area contributed by atoms with E-state index >= 15 is 0 Å². The SMILES string of the molecule is CC(C)n1c(=O)c(C(=O)NCCCN2CCC(C(F)(F)F)CC2)c(O)c2ccsc21. The molecule has 3 rings (SSSR count). The molecule has 0 aliphatic carbocycles. The molecule has 30 heavy (non-hydrogen) atoms. The number of thiophene rings is 1. The summed E-state index contributed by atoms with van der Waals surface area (Å²) in [5.41, 5.74) is -0.815. The number of pyridine rings is 1. The van der Waals surface area contributed by atoms with Crippen LogP contribution in [0.2, 0.25) is 0 Å². The highest BCUT2D eigenvalue weighted by Crippen LogP contribution is 2.34. The number of rotatable bonds is 6. The highest BCUT2D eigenvalue weighted by atomic mass is 32.1. The zero-order chi connectivity index (χ0) is 22.1. The summed E-state index contributed by atoms with van der Waals surface area (Å²) in [7, 11) is 0. The predicted molar refractivity (Wildman–Crippen MR) is 110 cm³/mol. The van der Waals surface area contributed by atoms with Crippen molar-refractivity contribution >= 4 is 27.5 Å². The quantitative estimate of drug-likeness (QED) is 0.665. The van der Waals surface area contributed by atoms with Gasteiger partial charge in [-0.05, 0) is 64.2 Å². The third-order valence-corrected chi connectivity index (χ3v) is 6.43. The normalized spacial score (nSPS) is 16.5. The standard InChI is InChI=1S/C20H26F3N3O3S/c1-12(2)26-18(29)15(16(27)14-6-11-30-19(14)26)17(28)24-7-3-8-25-9-4-13(5-10-25)20(21,22)23/h6,11-13,27H,3-5,7-10H2,1-2H3,(H,24,28). The summed E-state index contributed by atoms with van der Waals surface area (Å²) < 4.78 is 39.7. The molecule has 2 aromatic rings. The van der Waals surface area contributed by atoms with E-state index in [1.807, 2.05) is 18.7 Å². The Balaban J connectivity index is 1.59. The summed E-state index contributed by atoms with van der Waals surface area (Å²) in [5, 5.41) is 15.4. The minimum atomic E-state index is -4.13. The lowest BCUT2D eigenvalue weighted by Crippen LogP contribution is -2.40. The molecular formula is C20H26F3N3O3S. The van der Waals surface area contributed by atoms with E-state index < -0.39 is 23.6 Å². The van der Waals surface area contributed by atoms with Gasteiger partial charge in [0, 0.05) is 12.6 Å². The number of alkyl halides is 3. The van der Waals surface area contributed by atoms with Gasteiger partial charge in [-0.25, -0.2) is 0 Å². The molecule has 2 aromatic heterocycles. The first-order valence-corrected chi connectivity index (χ1v) is 10.9. The summed E-state index contributed by atoms with van der Waals surface area (Å²) >= 11 is 1.33. The first-order chi connectivity index (χ1) is 14.1. The van der Waals surface area contributed by atoms with E-state index in [1.165, 1.54) is 15.9 Å². The monoisotopic (exact) mass is 445 g/mol. The minimum Gasteiger partial charge on any atom is -0.506 e. The van der Waals surface area contributed by atoms with Gasteiger partial charge in [-0.2, -0.15) is 13.2 Å². The maximum Gasteiger partial charge on any atom is 0.391 e. The van der Waals surface area contributed by atoms with Gasteiger partial charge < -0.3 is 15.3 Å². The number of aromatic nitrogens is 1. The number of piperidine rings is 1. The molecule has 1 amide bonds. The van der Waals surface area contributed by atoms with Crippen LogP contribution in [-0.2, 0) is 0 Å². The van der Waals surface area contributed by atoms with Gasteiger partial charge in [0.2, 0.25) is 0 Å². The fourth-order valence-electron chi connectivity index (χ4n) is 3.87. The lowest BCUT2D eigenvalue weighted by Gasteiger charge is -2.32. The number of amides is 1. The zero-order valence-electron chi connectivity index (χ0n) is 17.0. The Bertz CT molecular complexity index is 960. The molecule has 3 heterocycles. The molecule has 1 aliphatic rings. The number of hydrogen-bond acceptors (Lipinski definition) is 5. The molecule has 1 aliphatic heterocycles. The van der Waals surface area contributed by atoms with Crippen molar-refractivity contribution in [1.82, 2.24) is 14.8 Å². The fourth-order valence-corrected chi connectivity index (χ4v) is 4.90. The average molecular weight is 446 g/mol. The van der Waals surface area contributed by atoms with Gasteiger partial charge >= 0.3 is 6.18 Å². The number of aromatic hydroxyl groups is 1. The largest absolute Gasteiger partial charge is 0.506 e. The van der Waals surface area contributed by atoms with Crippen LogP contribution in [0.4, 0.5) is 13.2 Å². The molecule has 6 nitrogen and oxygen atoms in total. The van der Waals surface area contributed by atoms with Gasteiger partial charge in [0.05, 0.1) is 11.3 Å². The van der Waals surface area contributed by atoms with Crippen molar-refractivity contribution in [3.05, 3.63) is 27.4 Å². The number of carbonyl (C=O) groups is 1. The molecular weight excluding hydrogens is 419 g/mol. The van der Waals surface area contributed by atoms with E-state index in [0.29, 0.717) is 36.3 Å². The summed E-state index contributed by atoms with van der Waals surface area (Å²) in [4.78, 5) is 28.0. The smallest absolute Gasteiger partial charge is 0.391 e. The Morgan fingerprint density at radius 3 is 2.60 bits per heavy atom. The highest BCUT2D eigenvalue weighted by molar-refractivity contribution is 7.16. The van der Waals surface area contributed by atoms with E-state index in [9.17, 15) is 27.9 Å². The van der Waals surface area contributed by atoms with Crippen LogP contribution in [0.5, 0.6) is 5.75 Å². The molecule has 166 valence electrons. The van der Waals surface area contributed by atoms with Gasteiger partial charge in [0.15, 0.2) is 0 Å². The van der Waals surface area contributed by atoms with Crippen molar-refractivity contribution < 1.29 is 23.1 Å². The molecule has 0 spiro atoms. The first-order valence-electron chi connectivity index (χ1n) is 10.0. The molecule has 1 fully saturated rings. The maximum atomic E-state index is 12.8. The molecule has 0 saturated carbocycles. The van der Waals surface area contributed by atoms with Crippen LogP contribution in [0, 0.1) is 5.92 Å². The molecule has 0 radical (unpaired) electrons. The third-order valence-electron chi connectivity index (χ3n) is 5.52. The Morgan fingerprint density at radius 1 is 1.33 bits per heavy atom. The van der Waals surface area contributed by atoms with Gasteiger partial charge in [-0.3, -0.25) is 14.2 Å². The van der Waals surface area contributed by atoms with Crippen molar-refractivity contribution in [2.75, 3.05) is 26.2 Å². The second kappa shape index (κ2) is 8.97. The molecule has 1 saturated heterocycles. The number of nitrogens with one attached hydrogen (secondary N) is 1. The van der Waals surface area contributed by atoms with E-state index in [1.54, 1.807) is 11.4 Å². The maximum absolute atomic E-state index is 12.8. The van der Waals surface area contributed by atoms with Gasteiger partial charge in [0.1, 0.15) is 16.1 Å². The molecule has 10 heteroatoms. The van der Waals surface area contributed by atoms with Crippen molar-refractivity contribution in [1.29, 1.82) is 0 Å². The Labute approximate surface area is 176 Å². The van der Waals surface area contributed by atoms with Crippen LogP contribution >= 0.6 is 11.3 Å². The Kier molecular flexibility index (Phi) is 6.76. The third kappa shape index (κ3) is 4.64. The van der Waals surface area contributed by atoms with E-state index in [0.717, 1.165) is 0 Å². The summed E-state index contributed by atoms with van der Waals surface area (Å²) in [6, 6.07) is 1.50. The van der Waals surface area contributed by atoms with Crippen LogP contribution in [0.1, 0.15) is 49.5 Å². The zero-order valence-corrected chi connectivity index (χ0v) is 17.8. The molecule has 0 bridgehead atoms. The molecule has 2 N–H and O–H groups in total. The lowest BCUT2D eigenvalue weighted by molar-refractivity contribution is -0.185. The number of carbonyl (C=O) groups excluding carboxylic acids is 1. The highest BCUT2D eigenvalue weighted by Gasteiger charge is 2.40. The Hall–Kier alpha value is -2.07. The number of fused-ring (bicyclic) bond motifs is 1. The number of nitrogens with zero attached hydrogens (tertiary/aromatic N) is 2. The Morgan fingerprint density at radius 2 is 2.00 bits per heavy atom. The topological polar surface area (TPSA) is 74.6 Å². The molecule has 0 unspecified atom stereocenters. The number of likely N-dealkylation sites (tertiary alicyclic amines) is 1. The first kappa shape index (κ1) is 22.6. The fraction of sp³-hybridized carbons (Fsp3) is 0.600. The second-order valence-corrected chi connectivity index (χ2v) is 8.79. The van der Waals surface area contributed by atoms with Gasteiger partial charge in [-0.1, -0.05) is 0 Å². The molecule has 0 atom stereocenters. The van der Waals surface area contributed by atoms with E-state index in [4.69, 9.17) is 0 Å². The summed E-state index contributed by atoms with van der Waals surface area (Å²) in [5.74, 6) is -2.19.